The van der Waals surface area contributed by atoms with Crippen molar-refractivity contribution in [3.05, 3.63) is 42.7 Å². The number of ether oxygens (including phenoxy) is 1. The Morgan fingerprint density at radius 3 is 2.80 bits per heavy atom. The molecule has 0 bridgehead atoms. The molecule has 1 radical (unpaired) electrons. The zero-order valence-corrected chi connectivity index (χ0v) is 8.47. The van der Waals surface area contributed by atoms with Gasteiger partial charge in [-0.1, -0.05) is 30.3 Å². The van der Waals surface area contributed by atoms with Gasteiger partial charge in [-0.15, -0.1) is 0 Å². The fourth-order valence-corrected chi connectivity index (χ4v) is 1.26. The average molecular weight is 199 g/mol. The number of benzene rings is 1. The lowest BCUT2D eigenvalue weighted by Gasteiger charge is -2.03. The Labute approximate surface area is 88.8 Å². The molecule has 0 atom stereocenters. The molecule has 0 saturated heterocycles. The summed E-state index contributed by atoms with van der Waals surface area (Å²) in [6.45, 7) is 2.51. The summed E-state index contributed by atoms with van der Waals surface area (Å²) in [7, 11) is 0. The molecule has 1 heterocycles. The van der Waals surface area contributed by atoms with E-state index in [2.05, 4.69) is 16.2 Å². The van der Waals surface area contributed by atoms with Crippen molar-refractivity contribution < 1.29 is 4.74 Å². The number of aromatic nitrogens is 2. The Kier molecular flexibility index (Phi) is 2.93. The third-order valence-electron chi connectivity index (χ3n) is 1.91. The molecule has 2 aromatic rings. The van der Waals surface area contributed by atoms with E-state index in [-0.39, 0.29) is 0 Å². The van der Waals surface area contributed by atoms with Crippen molar-refractivity contribution in [2.75, 3.05) is 6.61 Å². The number of hydrogen-bond donors (Lipinski definition) is 0. The number of hydrogen-bond acceptors (Lipinski definition) is 3. The van der Waals surface area contributed by atoms with E-state index >= 15 is 0 Å². The molecular formula is C12H11N2O. The largest absolute Gasteiger partial charge is 0.477 e. The summed E-state index contributed by atoms with van der Waals surface area (Å²) in [6, 6.07) is 9.81. The maximum absolute atomic E-state index is 5.27. The van der Waals surface area contributed by atoms with Gasteiger partial charge in [0.05, 0.1) is 12.8 Å². The van der Waals surface area contributed by atoms with Crippen LogP contribution in [0, 0.1) is 6.20 Å². The minimum Gasteiger partial charge on any atom is -0.477 e. The highest BCUT2D eigenvalue weighted by Crippen LogP contribution is 2.16. The predicted molar refractivity (Wildman–Crippen MR) is 57.5 cm³/mol. The second-order valence-electron chi connectivity index (χ2n) is 2.97. The maximum Gasteiger partial charge on any atom is 0.232 e. The molecule has 1 aromatic carbocycles. The van der Waals surface area contributed by atoms with Gasteiger partial charge in [-0.3, -0.25) is 0 Å². The van der Waals surface area contributed by atoms with Crippen LogP contribution in [-0.4, -0.2) is 16.6 Å². The molecule has 0 spiro atoms. The summed E-state index contributed by atoms with van der Waals surface area (Å²) in [5.41, 5.74) is 1.70. The Morgan fingerprint density at radius 1 is 1.27 bits per heavy atom. The molecule has 3 nitrogen and oxygen atoms in total. The molecule has 2 rings (SSSR count). The summed E-state index contributed by atoms with van der Waals surface area (Å²) < 4.78 is 5.27. The van der Waals surface area contributed by atoms with Crippen molar-refractivity contribution in [2.24, 2.45) is 0 Å². The van der Waals surface area contributed by atoms with Crippen molar-refractivity contribution in [1.82, 2.24) is 9.97 Å². The fourth-order valence-electron chi connectivity index (χ4n) is 1.26. The van der Waals surface area contributed by atoms with Crippen molar-refractivity contribution in [3.63, 3.8) is 0 Å². The first-order valence-electron chi connectivity index (χ1n) is 4.83. The van der Waals surface area contributed by atoms with Gasteiger partial charge in [-0.25, -0.2) is 9.97 Å². The van der Waals surface area contributed by atoms with Crippen LogP contribution in [0.1, 0.15) is 6.92 Å². The van der Waals surface area contributed by atoms with Crippen LogP contribution in [0.2, 0.25) is 0 Å². The van der Waals surface area contributed by atoms with Gasteiger partial charge in [0.15, 0.2) is 0 Å². The van der Waals surface area contributed by atoms with E-state index < -0.39 is 0 Å². The van der Waals surface area contributed by atoms with E-state index in [4.69, 9.17) is 4.74 Å². The van der Waals surface area contributed by atoms with Gasteiger partial charge in [-0.05, 0) is 6.92 Å². The van der Waals surface area contributed by atoms with Crippen LogP contribution in [0.5, 0.6) is 5.88 Å². The standard InChI is InChI=1S/C12H11N2O/c1-2-15-12-9-13-8-11(14-12)10-6-4-3-5-7-10/h3-7,9H,2H2,1H3. The lowest BCUT2D eigenvalue weighted by molar-refractivity contribution is 0.325. The van der Waals surface area contributed by atoms with Crippen LogP contribution in [0.15, 0.2) is 36.5 Å². The molecule has 1 aromatic heterocycles. The molecule has 75 valence electrons. The molecular weight excluding hydrogens is 188 g/mol. The second-order valence-corrected chi connectivity index (χ2v) is 2.97. The second kappa shape index (κ2) is 4.55. The minimum absolute atomic E-state index is 0.537. The molecule has 0 unspecified atom stereocenters. The van der Waals surface area contributed by atoms with E-state index in [0.717, 1.165) is 5.56 Å². The molecule has 0 amide bonds. The average Bonchev–Trinajstić information content (AvgIpc) is 2.31. The Morgan fingerprint density at radius 2 is 2.07 bits per heavy atom. The first kappa shape index (κ1) is 9.65. The van der Waals surface area contributed by atoms with Crippen LogP contribution in [0.25, 0.3) is 11.3 Å². The van der Waals surface area contributed by atoms with Gasteiger partial charge in [-0.2, -0.15) is 0 Å². The number of nitrogens with zero attached hydrogens (tertiary/aromatic N) is 2. The molecule has 0 aliphatic heterocycles. The zero-order valence-electron chi connectivity index (χ0n) is 8.47. The molecule has 0 N–H and O–H groups in total. The Hall–Kier alpha value is -1.90. The van der Waals surface area contributed by atoms with Crippen LogP contribution < -0.4 is 4.74 Å². The highest BCUT2D eigenvalue weighted by molar-refractivity contribution is 5.57. The Balaban J connectivity index is 2.33. The van der Waals surface area contributed by atoms with Gasteiger partial charge >= 0.3 is 0 Å². The van der Waals surface area contributed by atoms with Crippen molar-refractivity contribution in [3.8, 4) is 17.1 Å². The van der Waals surface area contributed by atoms with Crippen LogP contribution >= 0.6 is 0 Å². The molecule has 0 saturated carbocycles. The highest BCUT2D eigenvalue weighted by atomic mass is 16.5. The van der Waals surface area contributed by atoms with Crippen molar-refractivity contribution >= 4 is 0 Å². The topological polar surface area (TPSA) is 35.0 Å². The van der Waals surface area contributed by atoms with E-state index in [1.807, 2.05) is 37.3 Å². The summed E-state index contributed by atoms with van der Waals surface area (Å²) in [5, 5.41) is 0. The molecule has 3 heteroatoms. The fraction of sp³-hybridized carbons (Fsp3) is 0.167. The van der Waals surface area contributed by atoms with Gasteiger partial charge in [0.2, 0.25) is 5.88 Å². The van der Waals surface area contributed by atoms with Gasteiger partial charge in [0.1, 0.15) is 11.9 Å². The first-order valence-corrected chi connectivity index (χ1v) is 4.83. The first-order chi connectivity index (χ1) is 7.40. The summed E-state index contributed by atoms with van der Waals surface area (Å²) in [4.78, 5) is 8.26. The third kappa shape index (κ3) is 2.31. The Bertz CT molecular complexity index is 429. The van der Waals surface area contributed by atoms with Gasteiger partial charge in [0, 0.05) is 5.56 Å². The highest BCUT2D eigenvalue weighted by Gasteiger charge is 2.01. The van der Waals surface area contributed by atoms with E-state index in [1.165, 1.54) is 0 Å². The SMILES string of the molecule is CCOc1cn[c]c(-c2ccccc2)n1. The zero-order chi connectivity index (χ0) is 10.5. The smallest absolute Gasteiger partial charge is 0.232 e. The lowest BCUT2D eigenvalue weighted by atomic mass is 10.2. The van der Waals surface area contributed by atoms with Crippen LogP contribution in [-0.2, 0) is 0 Å². The predicted octanol–water partition coefficient (Wildman–Crippen LogP) is 2.34. The quantitative estimate of drug-likeness (QED) is 0.761. The lowest BCUT2D eigenvalue weighted by Crippen LogP contribution is -1.96. The van der Waals surface area contributed by atoms with Gasteiger partial charge in [0.25, 0.3) is 0 Å². The normalized spacial score (nSPS) is 9.93. The van der Waals surface area contributed by atoms with Crippen molar-refractivity contribution in [2.45, 2.75) is 6.92 Å². The molecule has 0 aliphatic carbocycles. The van der Waals surface area contributed by atoms with Crippen LogP contribution in [0.4, 0.5) is 0 Å². The summed E-state index contributed by atoms with van der Waals surface area (Å²) in [6.07, 6.45) is 4.41. The minimum atomic E-state index is 0.537. The van der Waals surface area contributed by atoms with Crippen molar-refractivity contribution in [1.29, 1.82) is 0 Å². The van der Waals surface area contributed by atoms with E-state index in [9.17, 15) is 0 Å². The molecule has 0 aliphatic rings. The van der Waals surface area contributed by atoms with E-state index in [1.54, 1.807) is 6.20 Å². The maximum atomic E-state index is 5.27. The molecule has 15 heavy (non-hydrogen) atoms. The van der Waals surface area contributed by atoms with Crippen LogP contribution in [0.3, 0.4) is 0 Å². The van der Waals surface area contributed by atoms with E-state index in [0.29, 0.717) is 18.2 Å². The van der Waals surface area contributed by atoms with Gasteiger partial charge < -0.3 is 4.74 Å². The summed E-state index contributed by atoms with van der Waals surface area (Å²) in [5.74, 6) is 0.537. The molecule has 0 fully saturated rings. The number of rotatable bonds is 3. The third-order valence-corrected chi connectivity index (χ3v) is 1.91. The summed E-state index contributed by atoms with van der Waals surface area (Å²) >= 11 is 0. The monoisotopic (exact) mass is 199 g/mol.